The summed E-state index contributed by atoms with van der Waals surface area (Å²) < 4.78 is 5.08. The van der Waals surface area contributed by atoms with Crippen LogP contribution >= 0.6 is 12.2 Å². The summed E-state index contributed by atoms with van der Waals surface area (Å²) in [5.41, 5.74) is 0.948. The number of benzene rings is 1. The lowest BCUT2D eigenvalue weighted by molar-refractivity contribution is -0.137. The fraction of sp³-hybridized carbons (Fsp3) is 0.250. The Balaban J connectivity index is 2.04. The zero-order valence-electron chi connectivity index (χ0n) is 12.7. The fourth-order valence-corrected chi connectivity index (χ4v) is 2.32. The van der Waals surface area contributed by atoms with Crippen molar-refractivity contribution in [2.24, 2.45) is 10.9 Å². The number of hydrogen-bond donors (Lipinski definition) is 1. The van der Waals surface area contributed by atoms with Crippen molar-refractivity contribution in [3.63, 3.8) is 0 Å². The van der Waals surface area contributed by atoms with Crippen molar-refractivity contribution in [1.82, 2.24) is 10.2 Å². The van der Waals surface area contributed by atoms with Crippen molar-refractivity contribution >= 4 is 35.4 Å². The number of thiocarbonyl (C=S) groups is 1. The van der Waals surface area contributed by atoms with E-state index in [1.807, 2.05) is 24.3 Å². The van der Waals surface area contributed by atoms with Crippen LogP contribution in [-0.4, -0.2) is 41.7 Å². The maximum atomic E-state index is 12.3. The second-order valence-corrected chi connectivity index (χ2v) is 5.23. The topological polar surface area (TPSA) is 71.0 Å². The first kappa shape index (κ1) is 16.8. The van der Waals surface area contributed by atoms with Crippen LogP contribution < -0.4 is 10.1 Å². The van der Waals surface area contributed by atoms with Crippen molar-refractivity contribution in [2.45, 2.75) is 6.54 Å². The monoisotopic (exact) mass is 331 g/mol. The van der Waals surface area contributed by atoms with E-state index in [9.17, 15) is 9.59 Å². The number of methoxy groups -OCH3 is 1. The molecule has 1 aliphatic rings. The molecule has 0 saturated carbocycles. The summed E-state index contributed by atoms with van der Waals surface area (Å²) in [6.45, 7) is 4.19. The van der Waals surface area contributed by atoms with Crippen LogP contribution in [0.1, 0.15) is 5.56 Å². The first-order valence-electron chi connectivity index (χ1n) is 6.96. The van der Waals surface area contributed by atoms with E-state index in [1.54, 1.807) is 13.2 Å². The fourth-order valence-electron chi connectivity index (χ4n) is 2.06. The minimum absolute atomic E-state index is 0.0969. The Labute approximate surface area is 139 Å². The standard InChI is InChI=1S/C16H17N3O3S/c1-3-8-19-15(21)13(14(20)18-16(19)23)10-17-9-11-4-6-12(22-2)7-5-11/h3-7,10,13H,1,8-9H2,2H3,(H,18,20,23). The number of rotatable bonds is 6. The van der Waals surface area contributed by atoms with Gasteiger partial charge >= 0.3 is 0 Å². The highest BCUT2D eigenvalue weighted by atomic mass is 32.1. The SMILES string of the molecule is C=CCN1C(=O)C(C=NCc2ccc(OC)cc2)C(=O)NC1=S. The zero-order chi connectivity index (χ0) is 16.8. The Morgan fingerprint density at radius 1 is 1.39 bits per heavy atom. The van der Waals surface area contributed by atoms with E-state index in [0.29, 0.717) is 6.54 Å². The maximum absolute atomic E-state index is 12.3. The predicted molar refractivity (Wildman–Crippen MR) is 91.3 cm³/mol. The molecule has 0 aromatic heterocycles. The van der Waals surface area contributed by atoms with Gasteiger partial charge in [0.25, 0.3) is 0 Å². The number of aliphatic imine (C=N–C) groups is 1. The highest BCUT2D eigenvalue weighted by molar-refractivity contribution is 7.80. The Kier molecular flexibility index (Phi) is 5.59. The smallest absolute Gasteiger partial charge is 0.247 e. The molecular formula is C16H17N3O3S. The summed E-state index contributed by atoms with van der Waals surface area (Å²) >= 11 is 4.98. The average Bonchev–Trinajstić information content (AvgIpc) is 2.55. The van der Waals surface area contributed by atoms with E-state index >= 15 is 0 Å². The minimum atomic E-state index is -0.972. The van der Waals surface area contributed by atoms with Crippen LogP contribution in [0.3, 0.4) is 0 Å². The van der Waals surface area contributed by atoms with Gasteiger partial charge in [-0.2, -0.15) is 0 Å². The van der Waals surface area contributed by atoms with Crippen molar-refractivity contribution < 1.29 is 14.3 Å². The summed E-state index contributed by atoms with van der Waals surface area (Å²) in [5, 5.41) is 2.60. The highest BCUT2D eigenvalue weighted by Gasteiger charge is 2.36. The van der Waals surface area contributed by atoms with E-state index in [2.05, 4.69) is 16.9 Å². The summed E-state index contributed by atoms with van der Waals surface area (Å²) in [6, 6.07) is 7.40. The maximum Gasteiger partial charge on any atom is 0.247 e. The summed E-state index contributed by atoms with van der Waals surface area (Å²) in [4.78, 5) is 29.7. The quantitative estimate of drug-likeness (QED) is 0.369. The van der Waals surface area contributed by atoms with Gasteiger partial charge in [-0.25, -0.2) is 0 Å². The van der Waals surface area contributed by atoms with E-state index in [4.69, 9.17) is 17.0 Å². The van der Waals surface area contributed by atoms with Crippen LogP contribution in [0.15, 0.2) is 41.9 Å². The molecule has 1 aromatic carbocycles. The molecule has 1 atom stereocenters. The van der Waals surface area contributed by atoms with E-state index in [-0.39, 0.29) is 11.7 Å². The lowest BCUT2D eigenvalue weighted by Gasteiger charge is -2.29. The van der Waals surface area contributed by atoms with Crippen LogP contribution in [0.5, 0.6) is 5.75 Å². The second-order valence-electron chi connectivity index (χ2n) is 4.85. The number of amides is 2. The van der Waals surface area contributed by atoms with Crippen molar-refractivity contribution in [3.8, 4) is 5.75 Å². The lowest BCUT2D eigenvalue weighted by Crippen LogP contribution is -2.58. The van der Waals surface area contributed by atoms with E-state index in [0.717, 1.165) is 11.3 Å². The van der Waals surface area contributed by atoms with Crippen molar-refractivity contribution in [2.75, 3.05) is 13.7 Å². The Bertz CT molecular complexity index is 655. The van der Waals surface area contributed by atoms with Gasteiger partial charge in [0.05, 0.1) is 13.7 Å². The number of nitrogens with zero attached hydrogens (tertiary/aromatic N) is 2. The first-order valence-corrected chi connectivity index (χ1v) is 7.37. The number of ether oxygens (including phenoxy) is 1. The Morgan fingerprint density at radius 2 is 2.09 bits per heavy atom. The molecule has 1 heterocycles. The number of hydrogen-bond acceptors (Lipinski definition) is 5. The average molecular weight is 331 g/mol. The zero-order valence-corrected chi connectivity index (χ0v) is 13.5. The highest BCUT2D eigenvalue weighted by Crippen LogP contribution is 2.13. The van der Waals surface area contributed by atoms with Gasteiger partial charge < -0.3 is 10.1 Å². The van der Waals surface area contributed by atoms with Crippen LogP contribution in [0, 0.1) is 5.92 Å². The van der Waals surface area contributed by atoms with Gasteiger partial charge in [-0.1, -0.05) is 18.2 Å². The normalized spacial score (nSPS) is 18.2. The second kappa shape index (κ2) is 7.64. The molecule has 0 radical (unpaired) electrons. The van der Waals surface area contributed by atoms with Gasteiger partial charge in [-0.15, -0.1) is 6.58 Å². The van der Waals surface area contributed by atoms with Crippen LogP contribution in [0.25, 0.3) is 0 Å². The van der Waals surface area contributed by atoms with Gasteiger partial charge in [-0.3, -0.25) is 19.5 Å². The van der Waals surface area contributed by atoms with Crippen LogP contribution in [-0.2, 0) is 16.1 Å². The van der Waals surface area contributed by atoms with Gasteiger partial charge in [0.2, 0.25) is 11.8 Å². The first-order chi connectivity index (χ1) is 11.1. The molecule has 7 heteroatoms. The van der Waals surface area contributed by atoms with E-state index < -0.39 is 17.7 Å². The summed E-state index contributed by atoms with van der Waals surface area (Å²) in [7, 11) is 1.60. The van der Waals surface area contributed by atoms with Crippen LogP contribution in [0.2, 0.25) is 0 Å². The third-order valence-corrected chi connectivity index (χ3v) is 3.61. The molecule has 23 heavy (non-hydrogen) atoms. The summed E-state index contributed by atoms with van der Waals surface area (Å²) in [5.74, 6) is -1.07. The molecule has 6 nitrogen and oxygen atoms in total. The van der Waals surface area contributed by atoms with Gasteiger partial charge in [0, 0.05) is 12.8 Å². The molecular weight excluding hydrogens is 314 g/mol. The van der Waals surface area contributed by atoms with Crippen molar-refractivity contribution in [1.29, 1.82) is 0 Å². The molecule has 1 saturated heterocycles. The molecule has 1 aliphatic heterocycles. The molecule has 1 unspecified atom stereocenters. The molecule has 2 amide bonds. The third-order valence-electron chi connectivity index (χ3n) is 3.29. The van der Waals surface area contributed by atoms with Gasteiger partial charge in [0.1, 0.15) is 5.75 Å². The van der Waals surface area contributed by atoms with Crippen LogP contribution in [0.4, 0.5) is 0 Å². The molecule has 1 fully saturated rings. The Hall–Kier alpha value is -2.54. The van der Waals surface area contributed by atoms with Gasteiger partial charge in [0.15, 0.2) is 11.0 Å². The molecule has 1 aromatic rings. The Morgan fingerprint density at radius 3 is 2.70 bits per heavy atom. The lowest BCUT2D eigenvalue weighted by atomic mass is 10.1. The molecule has 1 N–H and O–H groups in total. The predicted octanol–water partition coefficient (Wildman–Crippen LogP) is 1.31. The summed E-state index contributed by atoms with van der Waals surface area (Å²) in [6.07, 6.45) is 2.91. The molecule has 0 bridgehead atoms. The molecule has 120 valence electrons. The largest absolute Gasteiger partial charge is 0.497 e. The number of carbonyl (C=O) groups excluding carboxylic acids is 2. The number of nitrogens with one attached hydrogen (secondary N) is 1. The number of carbonyl (C=O) groups is 2. The molecule has 0 spiro atoms. The van der Waals surface area contributed by atoms with E-state index in [1.165, 1.54) is 11.1 Å². The minimum Gasteiger partial charge on any atom is -0.497 e. The van der Waals surface area contributed by atoms with Gasteiger partial charge in [-0.05, 0) is 29.9 Å². The molecule has 0 aliphatic carbocycles. The molecule has 2 rings (SSSR count). The van der Waals surface area contributed by atoms with Crippen molar-refractivity contribution in [3.05, 3.63) is 42.5 Å². The third kappa shape index (κ3) is 4.01.